The fourth-order valence-corrected chi connectivity index (χ4v) is 3.36. The summed E-state index contributed by atoms with van der Waals surface area (Å²) < 4.78 is 0. The molecule has 1 unspecified atom stereocenters. The molecule has 0 fully saturated rings. The number of likely N-dealkylation sites (N-methyl/N-ethyl adjacent to an activating group) is 1. The van der Waals surface area contributed by atoms with Gasteiger partial charge in [-0.1, -0.05) is 12.1 Å². The second-order valence-corrected chi connectivity index (χ2v) is 6.35. The minimum atomic E-state index is -0.753. The van der Waals surface area contributed by atoms with Crippen LogP contribution in [0.25, 0.3) is 10.9 Å². The molecule has 6 nitrogen and oxygen atoms in total. The van der Waals surface area contributed by atoms with Crippen LogP contribution in [0, 0.1) is 0 Å². The number of hydrogen-bond donors (Lipinski definition) is 3. The topological polar surface area (TPSA) is 66.9 Å². The monoisotopic (exact) mass is 299 g/mol. The van der Waals surface area contributed by atoms with Crippen molar-refractivity contribution in [3.05, 3.63) is 35.0 Å². The lowest BCUT2D eigenvalue weighted by Crippen LogP contribution is -2.39. The summed E-state index contributed by atoms with van der Waals surface area (Å²) in [6.07, 6.45) is -0.753. The summed E-state index contributed by atoms with van der Waals surface area (Å²) >= 11 is 0. The molecule has 0 spiro atoms. The zero-order valence-corrected chi connectivity index (χ0v) is 12.9. The molecule has 3 N–H and O–H groups in total. The van der Waals surface area contributed by atoms with E-state index in [0.717, 1.165) is 48.4 Å². The first-order chi connectivity index (χ1) is 10.6. The third-order valence-corrected chi connectivity index (χ3v) is 4.46. The van der Waals surface area contributed by atoms with Crippen molar-refractivity contribution in [3.63, 3.8) is 0 Å². The van der Waals surface area contributed by atoms with Gasteiger partial charge in [0.25, 0.3) is 0 Å². The van der Waals surface area contributed by atoms with Crippen LogP contribution in [0.2, 0.25) is 0 Å². The van der Waals surface area contributed by atoms with E-state index in [4.69, 9.17) is 0 Å². The third kappa shape index (κ3) is 2.11. The Morgan fingerprint density at radius 3 is 3.05 bits per heavy atom. The van der Waals surface area contributed by atoms with Crippen LogP contribution in [0.5, 0.6) is 0 Å². The molecule has 0 aliphatic carbocycles. The summed E-state index contributed by atoms with van der Waals surface area (Å²) in [5.74, 6) is 0. The highest BCUT2D eigenvalue weighted by atomic mass is 16.3. The van der Waals surface area contributed by atoms with Crippen molar-refractivity contribution >= 4 is 16.6 Å². The number of hydrogen-bond acceptors (Lipinski definition) is 5. The van der Waals surface area contributed by atoms with Gasteiger partial charge in [-0.2, -0.15) is 5.10 Å². The summed E-state index contributed by atoms with van der Waals surface area (Å²) in [4.78, 5) is 8.09. The third-order valence-electron chi connectivity index (χ3n) is 4.46. The minimum absolute atomic E-state index is 0.753. The number of hydrazone groups is 1. The number of aromatic amines is 1. The molecule has 1 aromatic carbocycles. The predicted octanol–water partition coefficient (Wildman–Crippen LogP) is 0.843. The zero-order valence-electron chi connectivity index (χ0n) is 12.9. The molecular formula is C16H21N5O. The fraction of sp³-hybridized carbons (Fsp3) is 0.438. The normalized spacial score (nSPS) is 20.9. The smallest absolute Gasteiger partial charge is 0.166 e. The van der Waals surface area contributed by atoms with Crippen molar-refractivity contribution in [1.82, 2.24) is 20.2 Å². The number of aromatic nitrogens is 1. The predicted molar refractivity (Wildman–Crippen MR) is 86.8 cm³/mol. The Kier molecular flexibility index (Phi) is 3.18. The molecule has 0 bridgehead atoms. The van der Waals surface area contributed by atoms with Crippen molar-refractivity contribution in [3.8, 4) is 0 Å². The molecule has 22 heavy (non-hydrogen) atoms. The molecule has 3 heterocycles. The van der Waals surface area contributed by atoms with Gasteiger partial charge in [0.05, 0.1) is 5.71 Å². The highest BCUT2D eigenvalue weighted by Gasteiger charge is 2.30. The van der Waals surface area contributed by atoms with E-state index in [9.17, 15) is 5.11 Å². The van der Waals surface area contributed by atoms with E-state index in [-0.39, 0.29) is 0 Å². The maximum Gasteiger partial charge on any atom is 0.166 e. The number of aliphatic hydroxyl groups is 1. The maximum absolute atomic E-state index is 10.3. The highest BCUT2D eigenvalue weighted by molar-refractivity contribution is 6.14. The zero-order chi connectivity index (χ0) is 15.3. The van der Waals surface area contributed by atoms with E-state index in [2.05, 4.69) is 45.5 Å². The summed E-state index contributed by atoms with van der Waals surface area (Å²) in [6, 6.07) is 6.00. The first-order valence-corrected chi connectivity index (χ1v) is 7.64. The molecule has 4 rings (SSSR count). The SMILES string of the molecule is CN(C)CCN1CC2=NNC(O)c3cccc4[nH]c(c2c34)C1. The van der Waals surface area contributed by atoms with E-state index in [1.165, 1.54) is 11.3 Å². The van der Waals surface area contributed by atoms with Gasteiger partial charge >= 0.3 is 0 Å². The molecule has 1 atom stereocenters. The van der Waals surface area contributed by atoms with E-state index in [0.29, 0.717) is 0 Å². The van der Waals surface area contributed by atoms with Crippen molar-refractivity contribution in [2.24, 2.45) is 5.10 Å². The van der Waals surface area contributed by atoms with Crippen LogP contribution in [0.15, 0.2) is 23.3 Å². The number of H-pyrrole nitrogens is 1. The number of nitrogens with zero attached hydrogens (tertiary/aromatic N) is 3. The minimum Gasteiger partial charge on any atom is -0.368 e. The average Bonchev–Trinajstić information content (AvgIpc) is 2.81. The van der Waals surface area contributed by atoms with E-state index >= 15 is 0 Å². The van der Waals surface area contributed by atoms with E-state index in [1.54, 1.807) is 0 Å². The molecule has 1 aromatic heterocycles. The molecule has 2 aliphatic heterocycles. The lowest BCUT2D eigenvalue weighted by Gasteiger charge is -2.28. The largest absolute Gasteiger partial charge is 0.368 e. The molecule has 2 aliphatic rings. The van der Waals surface area contributed by atoms with Crippen LogP contribution >= 0.6 is 0 Å². The van der Waals surface area contributed by atoms with Crippen molar-refractivity contribution in [2.75, 3.05) is 33.7 Å². The summed E-state index contributed by atoms with van der Waals surface area (Å²) in [5.41, 5.74) is 8.23. The van der Waals surface area contributed by atoms with Gasteiger partial charge < -0.3 is 15.0 Å². The van der Waals surface area contributed by atoms with E-state index in [1.807, 2.05) is 12.1 Å². The second-order valence-electron chi connectivity index (χ2n) is 6.35. The van der Waals surface area contributed by atoms with Gasteiger partial charge in [0.15, 0.2) is 6.23 Å². The fourth-order valence-electron chi connectivity index (χ4n) is 3.36. The van der Waals surface area contributed by atoms with Crippen molar-refractivity contribution in [2.45, 2.75) is 12.8 Å². The number of nitrogens with one attached hydrogen (secondary N) is 2. The Morgan fingerprint density at radius 1 is 1.36 bits per heavy atom. The standard InChI is InChI=1S/C16H21N5O/c1-20(2)6-7-21-8-12-15-13(9-21)18-19-16(22)10-4-3-5-11(17-12)14(10)15/h3-5,16-17,19,22H,6-9H2,1-2H3. The van der Waals surface area contributed by atoms with E-state index < -0.39 is 6.23 Å². The second kappa shape index (κ2) is 5.08. The molecule has 6 heteroatoms. The van der Waals surface area contributed by atoms with Crippen LogP contribution in [-0.2, 0) is 6.54 Å². The molecule has 2 aromatic rings. The summed E-state index contributed by atoms with van der Waals surface area (Å²) in [5, 5.41) is 15.9. The van der Waals surface area contributed by atoms with Gasteiger partial charge in [0.2, 0.25) is 0 Å². The first-order valence-electron chi connectivity index (χ1n) is 7.64. The van der Waals surface area contributed by atoms with Gasteiger partial charge in [-0.05, 0) is 20.2 Å². The van der Waals surface area contributed by atoms with Crippen LogP contribution in [0.3, 0.4) is 0 Å². The molecular weight excluding hydrogens is 278 g/mol. The van der Waals surface area contributed by atoms with Crippen molar-refractivity contribution < 1.29 is 5.11 Å². The van der Waals surface area contributed by atoms with Gasteiger partial charge in [0.1, 0.15) is 0 Å². The summed E-state index contributed by atoms with van der Waals surface area (Å²) in [7, 11) is 4.18. The maximum atomic E-state index is 10.3. The van der Waals surface area contributed by atoms with Gasteiger partial charge in [-0.3, -0.25) is 10.3 Å². The molecule has 0 saturated carbocycles. The van der Waals surface area contributed by atoms with Crippen LogP contribution < -0.4 is 5.43 Å². The Balaban J connectivity index is 1.79. The van der Waals surface area contributed by atoms with Gasteiger partial charge in [-0.15, -0.1) is 0 Å². The van der Waals surface area contributed by atoms with Crippen LogP contribution in [0.4, 0.5) is 0 Å². The number of aliphatic hydroxyl groups excluding tert-OH is 1. The molecule has 0 radical (unpaired) electrons. The number of benzene rings is 1. The van der Waals surface area contributed by atoms with Crippen LogP contribution in [-0.4, -0.2) is 59.3 Å². The van der Waals surface area contributed by atoms with Gasteiger partial charge in [-0.25, -0.2) is 0 Å². The molecule has 0 amide bonds. The molecule has 0 saturated heterocycles. The quantitative estimate of drug-likeness (QED) is 0.786. The Bertz CT molecular complexity index is 748. The Labute approximate surface area is 129 Å². The Morgan fingerprint density at radius 2 is 2.23 bits per heavy atom. The van der Waals surface area contributed by atoms with Crippen molar-refractivity contribution in [1.29, 1.82) is 0 Å². The lowest BCUT2D eigenvalue weighted by molar-refractivity contribution is 0.143. The molecule has 116 valence electrons. The highest BCUT2D eigenvalue weighted by Crippen LogP contribution is 2.34. The van der Waals surface area contributed by atoms with Gasteiger partial charge in [0, 0.05) is 53.9 Å². The van der Waals surface area contributed by atoms with Crippen LogP contribution in [0.1, 0.15) is 23.0 Å². The summed E-state index contributed by atoms with van der Waals surface area (Å²) in [6.45, 7) is 3.72. The average molecular weight is 299 g/mol. The first kappa shape index (κ1) is 13.8. The lowest BCUT2D eigenvalue weighted by atomic mass is 9.98. The Hall–Kier alpha value is -1.89. The number of rotatable bonds is 3.